The molecule has 0 atom stereocenters. The van der Waals surface area contributed by atoms with E-state index < -0.39 is 5.41 Å². The molecule has 0 bridgehead atoms. The lowest BCUT2D eigenvalue weighted by Gasteiger charge is -2.45. The molecule has 1 N–H and O–H groups in total. The second-order valence-electron chi connectivity index (χ2n) is 11.6. The first-order valence-corrected chi connectivity index (χ1v) is 14.6. The minimum atomic E-state index is -0.667. The van der Waals surface area contributed by atoms with Crippen molar-refractivity contribution in [1.82, 2.24) is 0 Å². The molecule has 7 aromatic carbocycles. The normalized spacial score (nSPS) is 14.1. The van der Waals surface area contributed by atoms with Crippen molar-refractivity contribution in [3.05, 3.63) is 183 Å². The number of aromatic hydroxyl groups is 1. The molecule has 2 aliphatic rings. The Bertz CT molecular complexity index is 2360. The third-order valence-corrected chi connectivity index (χ3v) is 9.21. The van der Waals surface area contributed by atoms with Gasteiger partial charge in [0.15, 0.2) is 0 Å². The van der Waals surface area contributed by atoms with E-state index in [-0.39, 0.29) is 5.75 Å². The number of hydrogen-bond donors (Lipinski definition) is 1. The van der Waals surface area contributed by atoms with Crippen LogP contribution in [0.2, 0.25) is 0 Å². The van der Waals surface area contributed by atoms with Crippen molar-refractivity contribution in [1.29, 1.82) is 0 Å². The molecule has 1 aliphatic heterocycles. The van der Waals surface area contributed by atoms with Gasteiger partial charge in [-0.2, -0.15) is 0 Å². The Morgan fingerprint density at radius 2 is 1.14 bits per heavy atom. The van der Waals surface area contributed by atoms with E-state index in [1.807, 2.05) is 24.3 Å². The lowest BCUT2D eigenvalue weighted by Crippen LogP contribution is -2.42. The molecule has 0 fully saturated rings. The van der Waals surface area contributed by atoms with Gasteiger partial charge in [0.2, 0.25) is 0 Å². The molecule has 1 spiro atoms. The number of rotatable bonds is 1. The summed E-state index contributed by atoms with van der Waals surface area (Å²) in [5.41, 5.74) is 7.47. The van der Waals surface area contributed by atoms with Gasteiger partial charge in [0.25, 0.3) is 0 Å². The molecule has 9 rings (SSSR count). The largest absolute Gasteiger partial charge is 0.508 e. The van der Waals surface area contributed by atoms with Crippen molar-refractivity contribution in [3.63, 3.8) is 0 Å². The van der Waals surface area contributed by atoms with Crippen LogP contribution in [0.1, 0.15) is 33.4 Å². The third-order valence-electron chi connectivity index (χ3n) is 9.21. The summed E-state index contributed by atoms with van der Waals surface area (Å²) in [4.78, 5) is 0. The molecule has 0 aromatic heterocycles. The average Bonchev–Trinajstić information content (AvgIpc) is 3.04. The van der Waals surface area contributed by atoms with E-state index in [0.717, 1.165) is 44.0 Å². The molecule has 0 saturated carbocycles. The minimum absolute atomic E-state index is 0.256. The second kappa shape index (κ2) is 8.70. The quantitative estimate of drug-likeness (QED) is 0.223. The van der Waals surface area contributed by atoms with Crippen LogP contribution >= 0.6 is 0 Å². The smallest absolute Gasteiger partial charge is 0.132 e. The van der Waals surface area contributed by atoms with Gasteiger partial charge in [-0.25, -0.2) is 0 Å². The van der Waals surface area contributed by atoms with Crippen molar-refractivity contribution in [2.24, 2.45) is 0 Å². The molecule has 43 heavy (non-hydrogen) atoms. The van der Waals surface area contributed by atoms with Gasteiger partial charge in [-0.3, -0.25) is 0 Å². The Hall–Kier alpha value is -5.60. The molecule has 0 saturated heterocycles. The Morgan fingerprint density at radius 1 is 0.512 bits per heavy atom. The number of ether oxygens (including phenoxy) is 1. The van der Waals surface area contributed by atoms with E-state index in [1.165, 1.54) is 38.4 Å². The maximum absolute atomic E-state index is 10.6. The summed E-state index contributed by atoms with van der Waals surface area (Å²) in [6.07, 6.45) is 0. The predicted octanol–water partition coefficient (Wildman–Crippen LogP) is 8.16. The summed E-state index contributed by atoms with van der Waals surface area (Å²) in [5, 5.41) is 17.2. The molecule has 0 unspecified atom stereocenters. The van der Waals surface area contributed by atoms with Crippen molar-refractivity contribution < 1.29 is 9.84 Å². The fourth-order valence-electron chi connectivity index (χ4n) is 7.45. The minimum Gasteiger partial charge on any atom is -0.508 e. The van der Waals surface area contributed by atoms with Crippen molar-refractivity contribution in [2.45, 2.75) is 5.41 Å². The zero-order chi connectivity index (χ0) is 28.7. The SMILES string of the molecule is C=c1ccc2cc3c(cc2c1)C1(c2ccccc2Oc2ccccc21)c1cc2cc(O)ccc2cc1C=3c1ccccc1. The Morgan fingerprint density at radius 3 is 1.91 bits per heavy atom. The number of hydrogen-bond acceptors (Lipinski definition) is 2. The van der Waals surface area contributed by atoms with Crippen LogP contribution in [0.4, 0.5) is 0 Å². The van der Waals surface area contributed by atoms with E-state index in [2.05, 4.69) is 116 Å². The topological polar surface area (TPSA) is 29.5 Å². The number of para-hydroxylation sites is 2. The van der Waals surface area contributed by atoms with Crippen LogP contribution in [-0.4, -0.2) is 5.11 Å². The van der Waals surface area contributed by atoms with Crippen molar-refractivity contribution in [3.8, 4) is 17.2 Å². The fourth-order valence-corrected chi connectivity index (χ4v) is 7.45. The van der Waals surface area contributed by atoms with E-state index in [1.54, 1.807) is 6.07 Å². The monoisotopic (exact) mass is 550 g/mol. The molecule has 1 heterocycles. The summed E-state index contributed by atoms with van der Waals surface area (Å²) in [5.74, 6) is 1.96. The van der Waals surface area contributed by atoms with Gasteiger partial charge in [0.1, 0.15) is 17.2 Å². The molecule has 7 aromatic rings. The lowest BCUT2D eigenvalue weighted by molar-refractivity contribution is 0.433. The van der Waals surface area contributed by atoms with Gasteiger partial charge in [-0.15, -0.1) is 0 Å². The Balaban J connectivity index is 1.60. The van der Waals surface area contributed by atoms with Gasteiger partial charge >= 0.3 is 0 Å². The average molecular weight is 551 g/mol. The van der Waals surface area contributed by atoms with Crippen LogP contribution in [0.5, 0.6) is 17.2 Å². The van der Waals surface area contributed by atoms with Gasteiger partial charge in [0.05, 0.1) is 5.41 Å². The van der Waals surface area contributed by atoms with Crippen LogP contribution in [0.15, 0.2) is 140 Å². The second-order valence-corrected chi connectivity index (χ2v) is 11.6. The Labute approximate surface area is 249 Å². The molecule has 0 radical (unpaired) electrons. The number of fused-ring (bicyclic) bond motifs is 10. The van der Waals surface area contributed by atoms with Crippen molar-refractivity contribution >= 4 is 33.7 Å². The number of benzene rings is 7. The summed E-state index contributed by atoms with van der Waals surface area (Å²) >= 11 is 0. The van der Waals surface area contributed by atoms with Crippen LogP contribution in [-0.2, 0) is 5.41 Å². The first-order chi connectivity index (χ1) is 21.1. The highest BCUT2D eigenvalue weighted by Gasteiger charge is 2.49. The molecule has 202 valence electrons. The fraction of sp³-hybridized carbons (Fsp3) is 0.0244. The molecular weight excluding hydrogens is 524 g/mol. The number of phenols is 1. The first kappa shape index (κ1) is 24.0. The lowest BCUT2D eigenvalue weighted by atomic mass is 9.58. The molecular formula is C41H26O2. The van der Waals surface area contributed by atoms with E-state index in [9.17, 15) is 5.11 Å². The summed E-state index contributed by atoms with van der Waals surface area (Å²) in [6.45, 7) is 4.25. The predicted molar refractivity (Wildman–Crippen MR) is 174 cm³/mol. The van der Waals surface area contributed by atoms with Gasteiger partial charge in [0, 0.05) is 11.1 Å². The number of phenolic OH excluding ortho intramolecular Hbond substituents is 1. The molecule has 1 aliphatic carbocycles. The Kier molecular flexibility index (Phi) is 4.87. The van der Waals surface area contributed by atoms with Crippen molar-refractivity contribution in [2.75, 3.05) is 0 Å². The van der Waals surface area contributed by atoms with E-state index in [4.69, 9.17) is 4.74 Å². The zero-order valence-corrected chi connectivity index (χ0v) is 23.3. The van der Waals surface area contributed by atoms with Crippen LogP contribution in [0.3, 0.4) is 0 Å². The summed E-state index contributed by atoms with van der Waals surface area (Å²) in [7, 11) is 0. The van der Waals surface area contributed by atoms with Crippen LogP contribution in [0, 0.1) is 0 Å². The van der Waals surface area contributed by atoms with Gasteiger partial charge in [-0.05, 0) is 114 Å². The van der Waals surface area contributed by atoms with E-state index in [0.29, 0.717) is 0 Å². The molecule has 0 amide bonds. The molecule has 2 heteroatoms. The summed E-state index contributed by atoms with van der Waals surface area (Å²) < 4.78 is 6.60. The summed E-state index contributed by atoms with van der Waals surface area (Å²) in [6, 6.07) is 49.0. The standard InChI is InChI=1S/C41H26O2/c1-25-15-16-27-21-32-36(23-29(27)19-25)41(34-11-5-7-13-38(34)43-39-14-8-6-12-35(39)41)37-24-30-20-31(42)18-17-28(30)22-33(37)40(32)26-9-3-2-4-10-26/h2-24,42H,1H2. The first-order valence-electron chi connectivity index (χ1n) is 14.6. The highest BCUT2D eigenvalue weighted by Crippen LogP contribution is 2.58. The maximum atomic E-state index is 10.6. The van der Waals surface area contributed by atoms with Gasteiger partial charge < -0.3 is 9.84 Å². The van der Waals surface area contributed by atoms with Crippen LogP contribution in [0.25, 0.3) is 33.7 Å². The third kappa shape index (κ3) is 3.29. The van der Waals surface area contributed by atoms with Crippen LogP contribution < -0.4 is 15.2 Å². The van der Waals surface area contributed by atoms with E-state index >= 15 is 0 Å². The molecule has 2 nitrogen and oxygen atoms in total. The highest BCUT2D eigenvalue weighted by molar-refractivity contribution is 5.98. The van der Waals surface area contributed by atoms with Gasteiger partial charge in [-0.1, -0.05) is 91.5 Å². The highest BCUT2D eigenvalue weighted by atomic mass is 16.5. The zero-order valence-electron chi connectivity index (χ0n) is 23.3. The maximum Gasteiger partial charge on any atom is 0.132 e.